The van der Waals surface area contributed by atoms with Crippen LogP contribution in [0, 0.1) is 10.1 Å². The quantitative estimate of drug-likeness (QED) is 0.465. The number of nitrogens with zero attached hydrogens (tertiary/aromatic N) is 6. The summed E-state index contributed by atoms with van der Waals surface area (Å²) >= 11 is 5.83. The molecule has 0 aliphatic rings. The zero-order chi connectivity index (χ0) is 20.3. The van der Waals surface area contributed by atoms with Crippen molar-refractivity contribution in [1.29, 1.82) is 0 Å². The number of anilines is 1. The third-order valence-corrected chi connectivity index (χ3v) is 3.55. The molecule has 1 amide bonds. The molecule has 0 aliphatic carbocycles. The Bertz CT molecular complexity index is 1020. The molecule has 0 spiro atoms. The Kier molecular flexibility index (Phi) is 5.44. The number of hydrogen-bond acceptors (Lipinski definition) is 7. The summed E-state index contributed by atoms with van der Waals surface area (Å²) in [5.74, 6) is -1.36. The molecule has 28 heavy (non-hydrogen) atoms. The van der Waals surface area contributed by atoms with Gasteiger partial charge >= 0.3 is 12.6 Å². The molecule has 3 rings (SSSR count). The second kappa shape index (κ2) is 7.96. The molecule has 0 atom stereocenters. The van der Waals surface area contributed by atoms with Crippen molar-refractivity contribution in [3.05, 3.63) is 57.6 Å². The highest BCUT2D eigenvalue weighted by Crippen LogP contribution is 2.29. The van der Waals surface area contributed by atoms with Gasteiger partial charge in [-0.2, -0.15) is 18.6 Å². The van der Waals surface area contributed by atoms with E-state index in [0.717, 1.165) is 6.33 Å². The minimum absolute atomic E-state index is 0.000385. The van der Waals surface area contributed by atoms with Gasteiger partial charge in [0.2, 0.25) is 6.33 Å². The largest absolute Gasteiger partial charge is 0.491 e. The maximum absolute atomic E-state index is 12.2. The topological polar surface area (TPSA) is 130 Å². The number of alkyl halides is 2. The summed E-state index contributed by atoms with van der Waals surface area (Å²) in [7, 11) is 0. The normalized spacial score (nSPS) is 10.9. The van der Waals surface area contributed by atoms with Crippen LogP contribution >= 0.6 is 11.6 Å². The van der Waals surface area contributed by atoms with E-state index in [0.29, 0.717) is 0 Å². The zero-order valence-electron chi connectivity index (χ0n) is 13.7. The minimum Gasteiger partial charge on any atom is -0.433 e. The van der Waals surface area contributed by atoms with Crippen LogP contribution < -0.4 is 10.1 Å². The second-order valence-electron chi connectivity index (χ2n) is 5.20. The van der Waals surface area contributed by atoms with Crippen molar-refractivity contribution in [3.63, 3.8) is 0 Å². The van der Waals surface area contributed by atoms with Crippen LogP contribution in [0.4, 0.5) is 20.4 Å². The van der Waals surface area contributed by atoms with E-state index in [-0.39, 0.29) is 28.8 Å². The van der Waals surface area contributed by atoms with E-state index in [1.165, 1.54) is 39.8 Å². The molecule has 0 saturated carbocycles. The number of halogens is 3. The number of carbonyl (C=O) groups excluding carboxylic acids is 1. The van der Waals surface area contributed by atoms with Crippen LogP contribution in [0.25, 0.3) is 0 Å². The standard InChI is InChI=1S/C14H10ClF2N7O4/c15-9-5-8(1-2-11(9)28-13(16)17)19-12(25)10-3-4-22(20-10)7-23-6-18-14(21-23)24(26)27/h1-6,13H,7H2,(H,19,25). The third kappa shape index (κ3) is 4.56. The van der Waals surface area contributed by atoms with Gasteiger partial charge < -0.3 is 20.2 Å². The minimum atomic E-state index is -3.02. The van der Waals surface area contributed by atoms with E-state index in [1.54, 1.807) is 0 Å². The van der Waals surface area contributed by atoms with Crippen molar-refractivity contribution in [2.75, 3.05) is 5.32 Å². The molecular weight excluding hydrogens is 404 g/mol. The number of aromatic nitrogens is 5. The fraction of sp³-hybridized carbons (Fsp3) is 0.143. The predicted octanol–water partition coefficient (Wildman–Crippen LogP) is 2.40. The van der Waals surface area contributed by atoms with Crippen LogP contribution in [0.15, 0.2) is 36.8 Å². The van der Waals surface area contributed by atoms with Gasteiger partial charge in [-0.1, -0.05) is 16.6 Å². The summed E-state index contributed by atoms with van der Waals surface area (Å²) in [6, 6.07) is 5.20. The van der Waals surface area contributed by atoms with Crippen molar-refractivity contribution in [3.8, 4) is 5.75 Å². The first-order valence-corrected chi connectivity index (χ1v) is 7.82. The summed E-state index contributed by atoms with van der Waals surface area (Å²) in [6.07, 6.45) is 2.62. The maximum atomic E-state index is 12.2. The van der Waals surface area contributed by atoms with Crippen molar-refractivity contribution >= 4 is 29.1 Å². The summed E-state index contributed by atoms with van der Waals surface area (Å²) in [6.45, 7) is -3.02. The molecule has 0 radical (unpaired) electrons. The molecule has 2 heterocycles. The highest BCUT2D eigenvalue weighted by Gasteiger charge is 2.15. The van der Waals surface area contributed by atoms with Crippen LogP contribution in [0.1, 0.15) is 10.5 Å². The third-order valence-electron chi connectivity index (χ3n) is 3.26. The molecule has 0 bridgehead atoms. The Hall–Kier alpha value is -3.61. The summed E-state index contributed by atoms with van der Waals surface area (Å²) in [5.41, 5.74) is 0.289. The van der Waals surface area contributed by atoms with Gasteiger partial charge in [-0.05, 0) is 29.2 Å². The molecular formula is C14H10ClF2N7O4. The number of ether oxygens (including phenoxy) is 1. The van der Waals surface area contributed by atoms with Crippen molar-refractivity contribution < 1.29 is 23.2 Å². The first kappa shape index (κ1) is 19.2. The molecule has 146 valence electrons. The van der Waals surface area contributed by atoms with Gasteiger partial charge in [-0.15, -0.1) is 0 Å². The SMILES string of the molecule is O=C(Nc1ccc(OC(F)F)c(Cl)c1)c1ccn(Cn2cnc([N+](=O)[O-])n2)n1. The smallest absolute Gasteiger partial charge is 0.433 e. The maximum Gasteiger partial charge on any atom is 0.491 e. The molecule has 0 aliphatic heterocycles. The monoisotopic (exact) mass is 413 g/mol. The van der Waals surface area contributed by atoms with Gasteiger partial charge in [0.25, 0.3) is 5.91 Å². The van der Waals surface area contributed by atoms with Gasteiger partial charge in [0, 0.05) is 17.0 Å². The molecule has 0 saturated heterocycles. The molecule has 0 unspecified atom stereocenters. The van der Waals surface area contributed by atoms with Crippen LogP contribution in [-0.2, 0) is 6.67 Å². The zero-order valence-corrected chi connectivity index (χ0v) is 14.5. The molecule has 14 heteroatoms. The van der Waals surface area contributed by atoms with E-state index in [1.807, 2.05) is 0 Å². The lowest BCUT2D eigenvalue weighted by Crippen LogP contribution is -2.15. The van der Waals surface area contributed by atoms with Crippen LogP contribution in [0.3, 0.4) is 0 Å². The van der Waals surface area contributed by atoms with Crippen LogP contribution in [-0.4, -0.2) is 42.0 Å². The van der Waals surface area contributed by atoms with E-state index in [2.05, 4.69) is 25.2 Å². The molecule has 2 aromatic heterocycles. The predicted molar refractivity (Wildman–Crippen MR) is 90.3 cm³/mol. The highest BCUT2D eigenvalue weighted by atomic mass is 35.5. The van der Waals surface area contributed by atoms with Gasteiger partial charge in [0.05, 0.1) is 5.02 Å². The van der Waals surface area contributed by atoms with E-state index in [4.69, 9.17) is 11.6 Å². The lowest BCUT2D eigenvalue weighted by molar-refractivity contribution is -0.394. The van der Waals surface area contributed by atoms with Gasteiger partial charge in [-0.25, -0.2) is 4.68 Å². The van der Waals surface area contributed by atoms with Gasteiger partial charge in [0.1, 0.15) is 5.75 Å². The van der Waals surface area contributed by atoms with Gasteiger partial charge in [0.15, 0.2) is 12.4 Å². The Morgan fingerprint density at radius 3 is 2.75 bits per heavy atom. The molecule has 0 fully saturated rings. The number of nitro groups is 1. The van der Waals surface area contributed by atoms with Crippen molar-refractivity contribution in [2.45, 2.75) is 13.3 Å². The van der Waals surface area contributed by atoms with E-state index < -0.39 is 23.4 Å². The van der Waals surface area contributed by atoms with Crippen LogP contribution in [0.2, 0.25) is 5.02 Å². The Morgan fingerprint density at radius 1 is 1.32 bits per heavy atom. The lowest BCUT2D eigenvalue weighted by atomic mass is 10.3. The number of amides is 1. The number of hydrogen-bond donors (Lipinski definition) is 1. The number of benzene rings is 1. The van der Waals surface area contributed by atoms with Crippen LogP contribution in [0.5, 0.6) is 5.75 Å². The first-order valence-electron chi connectivity index (χ1n) is 7.45. The number of carbonyl (C=O) groups is 1. The second-order valence-corrected chi connectivity index (χ2v) is 5.61. The molecule has 1 aromatic carbocycles. The van der Waals surface area contributed by atoms with Crippen molar-refractivity contribution in [2.24, 2.45) is 0 Å². The van der Waals surface area contributed by atoms with E-state index in [9.17, 15) is 23.7 Å². The Labute approximate surface area is 159 Å². The summed E-state index contributed by atoms with van der Waals surface area (Å²) in [5, 5.41) is 20.6. The van der Waals surface area contributed by atoms with Gasteiger partial charge in [-0.3, -0.25) is 4.79 Å². The average molecular weight is 414 g/mol. The van der Waals surface area contributed by atoms with E-state index >= 15 is 0 Å². The Balaban J connectivity index is 1.65. The highest BCUT2D eigenvalue weighted by molar-refractivity contribution is 6.32. The van der Waals surface area contributed by atoms with Crippen molar-refractivity contribution in [1.82, 2.24) is 24.5 Å². The summed E-state index contributed by atoms with van der Waals surface area (Å²) < 4.78 is 31.2. The fourth-order valence-electron chi connectivity index (χ4n) is 2.11. The first-order chi connectivity index (χ1) is 13.3. The molecule has 3 aromatic rings. The number of rotatable bonds is 7. The number of nitrogens with one attached hydrogen (secondary N) is 1. The molecule has 1 N–H and O–H groups in total. The Morgan fingerprint density at radius 2 is 2.11 bits per heavy atom. The molecule has 11 nitrogen and oxygen atoms in total. The summed E-state index contributed by atoms with van der Waals surface area (Å²) in [4.78, 5) is 25.6. The fourth-order valence-corrected chi connectivity index (χ4v) is 2.34. The average Bonchev–Trinajstić information content (AvgIpc) is 3.27. The lowest BCUT2D eigenvalue weighted by Gasteiger charge is -2.09.